The van der Waals surface area contributed by atoms with Gasteiger partial charge in [0, 0.05) is 17.4 Å². The number of hydrogen-bond donors (Lipinski definition) is 1. The van der Waals surface area contributed by atoms with Gasteiger partial charge in [0.2, 0.25) is 0 Å². The summed E-state index contributed by atoms with van der Waals surface area (Å²) in [4.78, 5) is 11.6. The molecule has 2 aromatic carbocycles. The lowest BCUT2D eigenvalue weighted by molar-refractivity contribution is -0.157. The van der Waals surface area contributed by atoms with Gasteiger partial charge in [0.25, 0.3) is 0 Å². The predicted molar refractivity (Wildman–Crippen MR) is 87.5 cm³/mol. The number of para-hydroxylation sites is 1. The minimum Gasteiger partial charge on any atom is -0.482 e. The molecule has 0 bridgehead atoms. The van der Waals surface area contributed by atoms with Gasteiger partial charge >= 0.3 is 5.97 Å². The fraction of sp³-hybridized carbons (Fsp3) is 0.278. The molecule has 0 amide bonds. The molecule has 0 radical (unpaired) electrons. The Bertz CT molecular complexity index is 618. The minimum absolute atomic E-state index is 0.105. The summed E-state index contributed by atoms with van der Waals surface area (Å²) in [5, 5.41) is 3.27. The van der Waals surface area contributed by atoms with Crippen LogP contribution in [0.1, 0.15) is 20.8 Å². The van der Waals surface area contributed by atoms with Crippen LogP contribution in [0, 0.1) is 0 Å². The zero-order valence-corrected chi connectivity index (χ0v) is 13.1. The number of anilines is 2. The molecule has 2 rings (SSSR count). The first-order chi connectivity index (χ1) is 10.4. The average molecular weight is 299 g/mol. The topological polar surface area (TPSA) is 47.6 Å². The molecular formula is C18H21NO3. The van der Waals surface area contributed by atoms with E-state index in [1.165, 1.54) is 0 Å². The van der Waals surface area contributed by atoms with E-state index >= 15 is 0 Å². The highest BCUT2D eigenvalue weighted by Gasteiger charge is 2.16. The first-order valence-electron chi connectivity index (χ1n) is 7.19. The molecule has 0 spiro atoms. The Balaban J connectivity index is 1.93. The van der Waals surface area contributed by atoms with Crippen LogP contribution in [0.25, 0.3) is 0 Å². The van der Waals surface area contributed by atoms with E-state index in [0.717, 1.165) is 11.4 Å². The number of carbonyl (C=O) groups excluding carboxylic acids is 1. The number of hydrogen-bond acceptors (Lipinski definition) is 4. The summed E-state index contributed by atoms with van der Waals surface area (Å²) >= 11 is 0. The lowest BCUT2D eigenvalue weighted by Crippen LogP contribution is -2.27. The number of carbonyl (C=O) groups is 1. The molecule has 116 valence electrons. The van der Waals surface area contributed by atoms with Crippen LogP contribution in [-0.2, 0) is 9.53 Å². The fourth-order valence-electron chi connectivity index (χ4n) is 1.87. The van der Waals surface area contributed by atoms with E-state index < -0.39 is 5.60 Å². The number of benzene rings is 2. The van der Waals surface area contributed by atoms with Crippen molar-refractivity contribution in [3.05, 3.63) is 54.6 Å². The van der Waals surface area contributed by atoms with Crippen molar-refractivity contribution in [2.24, 2.45) is 0 Å². The van der Waals surface area contributed by atoms with Crippen molar-refractivity contribution >= 4 is 17.3 Å². The molecule has 2 aromatic rings. The first-order valence-corrected chi connectivity index (χ1v) is 7.19. The largest absolute Gasteiger partial charge is 0.482 e. The van der Waals surface area contributed by atoms with E-state index in [0.29, 0.717) is 5.75 Å². The van der Waals surface area contributed by atoms with Crippen molar-refractivity contribution in [3.8, 4) is 5.75 Å². The van der Waals surface area contributed by atoms with Gasteiger partial charge in [0.05, 0.1) is 0 Å². The Kier molecular flexibility index (Phi) is 5.04. The predicted octanol–water partition coefficient (Wildman–Crippen LogP) is 4.15. The first kappa shape index (κ1) is 15.9. The van der Waals surface area contributed by atoms with Gasteiger partial charge < -0.3 is 14.8 Å². The van der Waals surface area contributed by atoms with Gasteiger partial charge in [-0.2, -0.15) is 0 Å². The Hall–Kier alpha value is -2.49. The average Bonchev–Trinajstić information content (AvgIpc) is 2.45. The lowest BCUT2D eigenvalue weighted by atomic mass is 10.2. The standard InChI is InChI=1S/C18H21NO3/c1-18(2,3)22-17(20)13-21-16-11-7-10-15(12-16)19-14-8-5-4-6-9-14/h4-12,19H,13H2,1-3H3. The normalized spacial score (nSPS) is 10.9. The number of ether oxygens (including phenoxy) is 2. The molecule has 0 saturated carbocycles. The molecule has 22 heavy (non-hydrogen) atoms. The van der Waals surface area contributed by atoms with Crippen molar-refractivity contribution in [3.63, 3.8) is 0 Å². The highest BCUT2D eigenvalue weighted by atomic mass is 16.6. The van der Waals surface area contributed by atoms with E-state index in [2.05, 4.69) is 5.32 Å². The van der Waals surface area contributed by atoms with Gasteiger partial charge in [-0.3, -0.25) is 0 Å². The van der Waals surface area contributed by atoms with Gasteiger partial charge in [0.1, 0.15) is 11.4 Å². The van der Waals surface area contributed by atoms with Crippen LogP contribution in [0.2, 0.25) is 0 Å². The molecule has 0 aliphatic rings. The van der Waals surface area contributed by atoms with Gasteiger partial charge in [-0.05, 0) is 45.0 Å². The van der Waals surface area contributed by atoms with Gasteiger partial charge in [0.15, 0.2) is 6.61 Å². The monoisotopic (exact) mass is 299 g/mol. The molecule has 1 N–H and O–H groups in total. The van der Waals surface area contributed by atoms with Crippen LogP contribution < -0.4 is 10.1 Å². The van der Waals surface area contributed by atoms with Crippen molar-refractivity contribution in [2.45, 2.75) is 26.4 Å². The second-order valence-electron chi connectivity index (χ2n) is 5.89. The zero-order chi connectivity index (χ0) is 16.0. The summed E-state index contributed by atoms with van der Waals surface area (Å²) < 4.78 is 10.7. The summed E-state index contributed by atoms with van der Waals surface area (Å²) in [6.45, 7) is 5.38. The molecule has 0 atom stereocenters. The van der Waals surface area contributed by atoms with Gasteiger partial charge in [-0.15, -0.1) is 0 Å². The van der Waals surface area contributed by atoms with Crippen LogP contribution in [-0.4, -0.2) is 18.2 Å². The molecule has 4 nitrogen and oxygen atoms in total. The van der Waals surface area contributed by atoms with Crippen LogP contribution in [0.5, 0.6) is 5.75 Å². The van der Waals surface area contributed by atoms with Crippen LogP contribution in [0.15, 0.2) is 54.6 Å². The van der Waals surface area contributed by atoms with Crippen molar-refractivity contribution in [2.75, 3.05) is 11.9 Å². The molecule has 0 aliphatic carbocycles. The number of rotatable bonds is 5. The molecule has 0 saturated heterocycles. The maximum Gasteiger partial charge on any atom is 0.344 e. The third kappa shape index (κ3) is 5.48. The van der Waals surface area contributed by atoms with E-state index in [1.54, 1.807) is 6.07 Å². The summed E-state index contributed by atoms with van der Waals surface area (Å²) in [5.74, 6) is 0.237. The second-order valence-corrected chi connectivity index (χ2v) is 5.89. The Morgan fingerprint density at radius 2 is 1.68 bits per heavy atom. The summed E-state index contributed by atoms with van der Waals surface area (Å²) in [6.07, 6.45) is 0. The minimum atomic E-state index is -0.503. The Morgan fingerprint density at radius 3 is 2.36 bits per heavy atom. The van der Waals surface area contributed by atoms with Crippen LogP contribution in [0.3, 0.4) is 0 Å². The molecule has 0 fully saturated rings. The maximum atomic E-state index is 11.6. The van der Waals surface area contributed by atoms with E-state index in [-0.39, 0.29) is 12.6 Å². The second kappa shape index (κ2) is 6.98. The molecule has 0 heterocycles. The Labute approximate surface area is 131 Å². The highest BCUT2D eigenvalue weighted by molar-refractivity contribution is 5.71. The Morgan fingerprint density at radius 1 is 1.00 bits per heavy atom. The van der Waals surface area contributed by atoms with Gasteiger partial charge in [-0.1, -0.05) is 24.3 Å². The molecule has 4 heteroatoms. The third-order valence-electron chi connectivity index (χ3n) is 2.67. The lowest BCUT2D eigenvalue weighted by Gasteiger charge is -2.19. The smallest absolute Gasteiger partial charge is 0.344 e. The number of nitrogens with one attached hydrogen (secondary N) is 1. The number of esters is 1. The SMILES string of the molecule is CC(C)(C)OC(=O)COc1cccc(Nc2ccccc2)c1. The van der Waals surface area contributed by atoms with Crippen LogP contribution in [0.4, 0.5) is 11.4 Å². The molecule has 0 aliphatic heterocycles. The molecule has 0 aromatic heterocycles. The summed E-state index contributed by atoms with van der Waals surface area (Å²) in [6, 6.07) is 17.3. The highest BCUT2D eigenvalue weighted by Crippen LogP contribution is 2.21. The van der Waals surface area contributed by atoms with Crippen molar-refractivity contribution in [1.82, 2.24) is 0 Å². The zero-order valence-electron chi connectivity index (χ0n) is 13.1. The van der Waals surface area contributed by atoms with Gasteiger partial charge in [-0.25, -0.2) is 4.79 Å². The third-order valence-corrected chi connectivity index (χ3v) is 2.67. The quantitative estimate of drug-likeness (QED) is 0.843. The summed E-state index contributed by atoms with van der Waals surface area (Å²) in [7, 11) is 0. The van der Waals surface area contributed by atoms with E-state index in [4.69, 9.17) is 9.47 Å². The van der Waals surface area contributed by atoms with E-state index in [9.17, 15) is 4.79 Å². The fourth-order valence-corrected chi connectivity index (χ4v) is 1.87. The van der Waals surface area contributed by atoms with Crippen molar-refractivity contribution < 1.29 is 14.3 Å². The van der Waals surface area contributed by atoms with Crippen molar-refractivity contribution in [1.29, 1.82) is 0 Å². The van der Waals surface area contributed by atoms with Crippen LogP contribution >= 0.6 is 0 Å². The maximum absolute atomic E-state index is 11.6. The molecule has 0 unspecified atom stereocenters. The summed E-state index contributed by atoms with van der Waals surface area (Å²) in [5.41, 5.74) is 1.39. The molecular weight excluding hydrogens is 278 g/mol. The van der Waals surface area contributed by atoms with E-state index in [1.807, 2.05) is 69.3 Å².